The summed E-state index contributed by atoms with van der Waals surface area (Å²) in [5.74, 6) is 0.0987. The molecule has 0 atom stereocenters. The van der Waals surface area contributed by atoms with Gasteiger partial charge >= 0.3 is 0 Å². The van der Waals surface area contributed by atoms with Crippen LogP contribution in [0.3, 0.4) is 0 Å². The van der Waals surface area contributed by atoms with Crippen LogP contribution in [0.15, 0.2) is 36.5 Å². The molecule has 1 aromatic heterocycles. The number of nitrogen functional groups attached to an aromatic ring is 1. The quantitative estimate of drug-likeness (QED) is 0.843. The van der Waals surface area contributed by atoms with E-state index in [2.05, 4.69) is 10.3 Å². The van der Waals surface area contributed by atoms with Crippen LogP contribution in [0.5, 0.6) is 0 Å². The van der Waals surface area contributed by atoms with E-state index in [1.165, 1.54) is 12.3 Å². The Labute approximate surface area is 97.1 Å². The second-order valence-electron chi connectivity index (χ2n) is 3.23. The topological polar surface area (TPSA) is 50.9 Å². The zero-order chi connectivity index (χ0) is 11.5. The summed E-state index contributed by atoms with van der Waals surface area (Å²) in [5.41, 5.74) is 6.37. The van der Waals surface area contributed by atoms with Crippen LogP contribution in [0.25, 0.3) is 0 Å². The molecular weight excluding hydrogens is 229 g/mol. The van der Waals surface area contributed by atoms with Gasteiger partial charge in [0.1, 0.15) is 11.6 Å². The van der Waals surface area contributed by atoms with Crippen LogP contribution >= 0.6 is 11.6 Å². The van der Waals surface area contributed by atoms with Crippen LogP contribution < -0.4 is 11.1 Å². The van der Waals surface area contributed by atoms with Crippen LogP contribution in [0.2, 0.25) is 5.02 Å². The van der Waals surface area contributed by atoms with Gasteiger partial charge in [-0.3, -0.25) is 0 Å². The van der Waals surface area contributed by atoms with Gasteiger partial charge in [-0.25, -0.2) is 9.37 Å². The molecule has 2 rings (SSSR count). The van der Waals surface area contributed by atoms with Crippen molar-refractivity contribution in [2.24, 2.45) is 0 Å². The standard InChI is InChI=1S/C11H9ClFN3/c12-7-1-3-10(9(13)5-7)16-11-4-2-8(14)6-15-11/h1-6H,14H2,(H,15,16). The number of pyridine rings is 1. The predicted molar refractivity (Wildman–Crippen MR) is 63.3 cm³/mol. The molecule has 2 aromatic rings. The Hall–Kier alpha value is -1.81. The Bertz CT molecular complexity index is 499. The van der Waals surface area contributed by atoms with Crippen molar-refractivity contribution in [3.05, 3.63) is 47.4 Å². The first kappa shape index (κ1) is 10.7. The summed E-state index contributed by atoms with van der Waals surface area (Å²) in [5, 5.41) is 3.18. The number of aromatic nitrogens is 1. The summed E-state index contributed by atoms with van der Waals surface area (Å²) in [6, 6.07) is 7.74. The van der Waals surface area contributed by atoms with E-state index >= 15 is 0 Å². The van der Waals surface area contributed by atoms with Crippen molar-refractivity contribution in [2.45, 2.75) is 0 Å². The Morgan fingerprint density at radius 1 is 1.25 bits per heavy atom. The fourth-order valence-electron chi connectivity index (χ4n) is 1.21. The van der Waals surface area contributed by atoms with Crippen molar-refractivity contribution in [1.29, 1.82) is 0 Å². The number of hydrogen-bond donors (Lipinski definition) is 2. The Kier molecular flexibility index (Phi) is 2.92. The fraction of sp³-hybridized carbons (Fsp3) is 0. The molecule has 0 saturated carbocycles. The Morgan fingerprint density at radius 2 is 2.06 bits per heavy atom. The van der Waals surface area contributed by atoms with Gasteiger partial charge < -0.3 is 11.1 Å². The molecule has 1 aromatic carbocycles. The van der Waals surface area contributed by atoms with E-state index in [4.69, 9.17) is 17.3 Å². The highest BCUT2D eigenvalue weighted by Gasteiger charge is 2.03. The molecule has 3 nitrogen and oxygen atoms in total. The molecule has 0 aliphatic rings. The van der Waals surface area contributed by atoms with E-state index < -0.39 is 5.82 Å². The molecule has 0 saturated heterocycles. The van der Waals surface area contributed by atoms with Gasteiger partial charge in [-0.05, 0) is 30.3 Å². The largest absolute Gasteiger partial charge is 0.397 e. The summed E-state index contributed by atoms with van der Waals surface area (Å²) in [6.45, 7) is 0. The number of nitrogens with one attached hydrogen (secondary N) is 1. The van der Waals surface area contributed by atoms with E-state index in [1.54, 1.807) is 24.3 Å². The number of anilines is 3. The van der Waals surface area contributed by atoms with Gasteiger partial charge in [-0.2, -0.15) is 0 Å². The number of nitrogens with two attached hydrogens (primary N) is 1. The summed E-state index contributed by atoms with van der Waals surface area (Å²) in [6.07, 6.45) is 1.50. The molecule has 0 radical (unpaired) electrons. The first-order valence-electron chi connectivity index (χ1n) is 4.59. The SMILES string of the molecule is Nc1ccc(Nc2ccc(Cl)cc2F)nc1. The van der Waals surface area contributed by atoms with Crippen LogP contribution in [0.4, 0.5) is 21.6 Å². The smallest absolute Gasteiger partial charge is 0.148 e. The third-order valence-electron chi connectivity index (χ3n) is 1.98. The maximum absolute atomic E-state index is 13.4. The van der Waals surface area contributed by atoms with E-state index in [0.29, 0.717) is 22.2 Å². The molecule has 0 amide bonds. The monoisotopic (exact) mass is 237 g/mol. The molecule has 0 aliphatic carbocycles. The molecule has 0 fully saturated rings. The summed E-state index contributed by atoms with van der Waals surface area (Å²) >= 11 is 5.64. The molecule has 0 unspecified atom stereocenters. The molecule has 0 bridgehead atoms. The predicted octanol–water partition coefficient (Wildman–Crippen LogP) is 3.20. The first-order valence-corrected chi connectivity index (χ1v) is 4.96. The number of halogens is 2. The molecule has 16 heavy (non-hydrogen) atoms. The van der Waals surface area contributed by atoms with Crippen LogP contribution in [-0.4, -0.2) is 4.98 Å². The van der Waals surface area contributed by atoms with Crippen molar-refractivity contribution in [3.63, 3.8) is 0 Å². The third kappa shape index (κ3) is 2.41. The lowest BCUT2D eigenvalue weighted by Gasteiger charge is -2.06. The van der Waals surface area contributed by atoms with Gasteiger partial charge in [0.05, 0.1) is 17.6 Å². The summed E-state index contributed by atoms with van der Waals surface area (Å²) < 4.78 is 13.4. The van der Waals surface area contributed by atoms with Gasteiger partial charge in [0.25, 0.3) is 0 Å². The maximum Gasteiger partial charge on any atom is 0.148 e. The molecule has 0 aliphatic heterocycles. The number of hydrogen-bond acceptors (Lipinski definition) is 3. The molecule has 5 heteroatoms. The Morgan fingerprint density at radius 3 is 2.69 bits per heavy atom. The molecule has 1 heterocycles. The normalized spacial score (nSPS) is 10.1. The molecule has 0 spiro atoms. The second-order valence-corrected chi connectivity index (χ2v) is 3.66. The minimum atomic E-state index is -0.425. The Balaban J connectivity index is 2.23. The van der Waals surface area contributed by atoms with Gasteiger partial charge in [0.2, 0.25) is 0 Å². The minimum absolute atomic E-state index is 0.321. The number of rotatable bonds is 2. The maximum atomic E-state index is 13.4. The lowest BCUT2D eigenvalue weighted by atomic mass is 10.3. The van der Waals surface area contributed by atoms with Crippen molar-refractivity contribution in [3.8, 4) is 0 Å². The zero-order valence-electron chi connectivity index (χ0n) is 8.24. The van der Waals surface area contributed by atoms with E-state index in [0.717, 1.165) is 0 Å². The van der Waals surface area contributed by atoms with Crippen LogP contribution in [0, 0.1) is 5.82 Å². The molecule has 3 N–H and O–H groups in total. The van der Waals surface area contributed by atoms with Gasteiger partial charge in [0, 0.05) is 5.02 Å². The highest BCUT2D eigenvalue weighted by molar-refractivity contribution is 6.30. The van der Waals surface area contributed by atoms with Crippen LogP contribution in [-0.2, 0) is 0 Å². The van der Waals surface area contributed by atoms with Crippen molar-refractivity contribution in [1.82, 2.24) is 4.98 Å². The van der Waals surface area contributed by atoms with E-state index in [1.807, 2.05) is 0 Å². The summed E-state index contributed by atoms with van der Waals surface area (Å²) in [7, 11) is 0. The minimum Gasteiger partial charge on any atom is -0.397 e. The number of benzene rings is 1. The van der Waals surface area contributed by atoms with E-state index in [-0.39, 0.29) is 0 Å². The highest BCUT2D eigenvalue weighted by atomic mass is 35.5. The van der Waals surface area contributed by atoms with Gasteiger partial charge in [0.15, 0.2) is 0 Å². The van der Waals surface area contributed by atoms with Crippen molar-refractivity contribution < 1.29 is 4.39 Å². The van der Waals surface area contributed by atoms with Gasteiger partial charge in [-0.15, -0.1) is 0 Å². The zero-order valence-corrected chi connectivity index (χ0v) is 9.00. The molecule has 82 valence electrons. The second kappa shape index (κ2) is 4.37. The number of nitrogens with zero attached hydrogens (tertiary/aromatic N) is 1. The molecular formula is C11H9ClFN3. The lowest BCUT2D eigenvalue weighted by Crippen LogP contribution is -1.96. The lowest BCUT2D eigenvalue weighted by molar-refractivity contribution is 0.632. The van der Waals surface area contributed by atoms with Crippen molar-refractivity contribution >= 4 is 28.8 Å². The first-order chi connectivity index (χ1) is 7.65. The third-order valence-corrected chi connectivity index (χ3v) is 2.22. The summed E-state index contributed by atoms with van der Waals surface area (Å²) in [4.78, 5) is 4.00. The average molecular weight is 238 g/mol. The average Bonchev–Trinajstić information content (AvgIpc) is 2.25. The van der Waals surface area contributed by atoms with E-state index in [9.17, 15) is 4.39 Å². The highest BCUT2D eigenvalue weighted by Crippen LogP contribution is 2.22. The van der Waals surface area contributed by atoms with Crippen LogP contribution in [0.1, 0.15) is 0 Å². The van der Waals surface area contributed by atoms with Crippen molar-refractivity contribution in [2.75, 3.05) is 11.1 Å². The van der Waals surface area contributed by atoms with Gasteiger partial charge in [-0.1, -0.05) is 11.6 Å². The fourth-order valence-corrected chi connectivity index (χ4v) is 1.37.